The number of hydrogen-bond donors (Lipinski definition) is 0. The van der Waals surface area contributed by atoms with E-state index in [9.17, 15) is 9.59 Å². The van der Waals surface area contributed by atoms with Gasteiger partial charge in [0.2, 0.25) is 5.91 Å². The number of allylic oxidation sites excluding steroid dienone is 1. The van der Waals surface area contributed by atoms with Crippen molar-refractivity contribution in [1.82, 2.24) is 9.47 Å². The number of carbonyl (C=O) groups is 2. The van der Waals surface area contributed by atoms with Gasteiger partial charge in [0.05, 0.1) is 19.1 Å². The maximum atomic E-state index is 12.9. The standard InChI is InChI=1S/C21H23ClN2O3/c1-4-12-11-24(17(25)10-22)16-9-14(12)19(21(26)27-3)18-13-7-5-6-8-15(13)23(2)20(16)18/h4-8,14,16,19H,9-11H2,1-3H3/b12-4-/t14-,16-,19+/m1/s1. The van der Waals surface area contributed by atoms with Crippen molar-refractivity contribution in [2.75, 3.05) is 19.5 Å². The summed E-state index contributed by atoms with van der Waals surface area (Å²) in [6, 6.07) is 7.99. The number of amides is 1. The fraction of sp³-hybridized carbons (Fsp3) is 0.429. The van der Waals surface area contributed by atoms with Gasteiger partial charge in [-0.05, 0) is 25.0 Å². The van der Waals surface area contributed by atoms with Gasteiger partial charge in [-0.25, -0.2) is 0 Å². The van der Waals surface area contributed by atoms with Crippen LogP contribution < -0.4 is 0 Å². The smallest absolute Gasteiger partial charge is 0.313 e. The number of aryl methyl sites for hydroxylation is 1. The third kappa shape index (κ3) is 2.52. The van der Waals surface area contributed by atoms with Crippen LogP contribution in [-0.2, 0) is 21.4 Å². The molecule has 142 valence electrons. The first-order chi connectivity index (χ1) is 13.0. The Morgan fingerprint density at radius 1 is 1.33 bits per heavy atom. The number of para-hydroxylation sites is 1. The Bertz CT molecular complexity index is 962. The lowest BCUT2D eigenvalue weighted by molar-refractivity contribution is -0.144. The summed E-state index contributed by atoms with van der Waals surface area (Å²) in [5.41, 5.74) is 4.17. The molecule has 0 unspecified atom stereocenters. The zero-order chi connectivity index (χ0) is 19.3. The molecule has 5 nitrogen and oxygen atoms in total. The second kappa shape index (κ2) is 6.71. The number of alkyl halides is 1. The van der Waals surface area contributed by atoms with Crippen molar-refractivity contribution in [3.05, 3.63) is 47.2 Å². The molecule has 0 radical (unpaired) electrons. The highest BCUT2D eigenvalue weighted by Gasteiger charge is 2.49. The topological polar surface area (TPSA) is 51.5 Å². The van der Waals surface area contributed by atoms with E-state index in [4.69, 9.17) is 16.3 Å². The van der Waals surface area contributed by atoms with Crippen molar-refractivity contribution in [3.8, 4) is 0 Å². The van der Waals surface area contributed by atoms with E-state index in [0.29, 0.717) is 13.0 Å². The number of ether oxygens (including phenoxy) is 1. The molecular formula is C21H23ClN2O3. The molecule has 0 N–H and O–H groups in total. The quantitative estimate of drug-likeness (QED) is 0.450. The van der Waals surface area contributed by atoms with Gasteiger partial charge in [-0.15, -0.1) is 11.6 Å². The normalized spacial score (nSPS) is 25.6. The van der Waals surface area contributed by atoms with E-state index in [2.05, 4.69) is 10.6 Å². The van der Waals surface area contributed by atoms with Crippen molar-refractivity contribution >= 4 is 34.4 Å². The molecule has 1 aromatic heterocycles. The molecule has 1 fully saturated rings. The predicted molar refractivity (Wildman–Crippen MR) is 105 cm³/mol. The van der Waals surface area contributed by atoms with E-state index in [-0.39, 0.29) is 35.6 Å². The van der Waals surface area contributed by atoms with Gasteiger partial charge in [0.1, 0.15) is 5.88 Å². The van der Waals surface area contributed by atoms with Crippen LogP contribution in [0.25, 0.3) is 10.9 Å². The molecule has 1 aliphatic carbocycles. The van der Waals surface area contributed by atoms with Crippen LogP contribution in [0, 0.1) is 5.92 Å². The third-order valence-electron chi connectivity index (χ3n) is 6.17. The molecule has 1 aromatic carbocycles. The number of methoxy groups -OCH3 is 1. The summed E-state index contributed by atoms with van der Waals surface area (Å²) in [5, 5.41) is 1.05. The van der Waals surface area contributed by atoms with Crippen LogP contribution in [0.1, 0.15) is 36.6 Å². The van der Waals surface area contributed by atoms with E-state index in [1.807, 2.05) is 43.1 Å². The number of carbonyl (C=O) groups excluding carboxylic acids is 2. The van der Waals surface area contributed by atoms with Crippen LogP contribution in [0.3, 0.4) is 0 Å². The van der Waals surface area contributed by atoms with Crippen LogP contribution in [0.5, 0.6) is 0 Å². The summed E-state index contributed by atoms with van der Waals surface area (Å²) >= 11 is 5.91. The van der Waals surface area contributed by atoms with Gasteiger partial charge in [-0.2, -0.15) is 0 Å². The SMILES string of the molecule is C/C=C1/CN(C(=O)CCl)[C@@H]2C[C@H]1[C@H](C(=O)OC)c1c2n(C)c2ccccc12. The Labute approximate surface area is 163 Å². The minimum absolute atomic E-state index is 0.0325. The fourth-order valence-corrected chi connectivity index (χ4v) is 5.13. The van der Waals surface area contributed by atoms with E-state index in [1.54, 1.807) is 0 Å². The molecule has 1 aliphatic heterocycles. The maximum absolute atomic E-state index is 12.9. The second-order valence-corrected chi connectivity index (χ2v) is 7.52. The van der Waals surface area contributed by atoms with Crippen molar-refractivity contribution in [1.29, 1.82) is 0 Å². The predicted octanol–water partition coefficient (Wildman–Crippen LogP) is 3.52. The summed E-state index contributed by atoms with van der Waals surface area (Å²) in [5.74, 6) is -0.658. The average molecular weight is 387 g/mol. The lowest BCUT2D eigenvalue weighted by atomic mass is 9.68. The zero-order valence-corrected chi connectivity index (χ0v) is 16.5. The Hall–Kier alpha value is -2.27. The van der Waals surface area contributed by atoms with Gasteiger partial charge in [0, 0.05) is 36.1 Å². The van der Waals surface area contributed by atoms with Gasteiger partial charge >= 0.3 is 5.97 Å². The molecule has 3 atom stereocenters. The van der Waals surface area contributed by atoms with Crippen LogP contribution in [-0.4, -0.2) is 40.9 Å². The summed E-state index contributed by atoms with van der Waals surface area (Å²) in [4.78, 5) is 27.3. The van der Waals surface area contributed by atoms with Crippen molar-refractivity contribution < 1.29 is 14.3 Å². The number of rotatable bonds is 2. The highest BCUT2D eigenvalue weighted by Crippen LogP contribution is 2.53. The Morgan fingerprint density at radius 2 is 2.07 bits per heavy atom. The summed E-state index contributed by atoms with van der Waals surface area (Å²) in [6.07, 6.45) is 2.74. The fourth-order valence-electron chi connectivity index (χ4n) is 4.98. The number of likely N-dealkylation sites (tertiary alicyclic amines) is 1. The molecule has 4 rings (SSSR count). The third-order valence-corrected chi connectivity index (χ3v) is 6.39. The van der Waals surface area contributed by atoms with Crippen LogP contribution in [0.2, 0.25) is 0 Å². The van der Waals surface area contributed by atoms with Crippen LogP contribution in [0.4, 0.5) is 0 Å². The molecule has 6 heteroatoms. The highest BCUT2D eigenvalue weighted by molar-refractivity contribution is 6.27. The first-order valence-corrected chi connectivity index (χ1v) is 9.72. The molecule has 2 bridgehead atoms. The van der Waals surface area contributed by atoms with Crippen LogP contribution >= 0.6 is 11.6 Å². The van der Waals surface area contributed by atoms with Crippen LogP contribution in [0.15, 0.2) is 35.9 Å². The zero-order valence-electron chi connectivity index (χ0n) is 15.7. The molecule has 2 aliphatic rings. The first-order valence-electron chi connectivity index (χ1n) is 9.19. The number of hydrogen-bond acceptors (Lipinski definition) is 3. The molecular weight excluding hydrogens is 364 g/mol. The number of nitrogens with zero attached hydrogens (tertiary/aromatic N) is 2. The van der Waals surface area contributed by atoms with Gasteiger partial charge < -0.3 is 14.2 Å². The van der Waals surface area contributed by atoms with Gasteiger partial charge in [-0.1, -0.05) is 29.8 Å². The molecule has 27 heavy (non-hydrogen) atoms. The van der Waals surface area contributed by atoms with Crippen molar-refractivity contribution in [2.24, 2.45) is 13.0 Å². The van der Waals surface area contributed by atoms with Crippen molar-refractivity contribution in [3.63, 3.8) is 0 Å². The number of esters is 1. The Morgan fingerprint density at radius 3 is 2.74 bits per heavy atom. The Kier molecular flexibility index (Phi) is 4.50. The molecule has 0 spiro atoms. The van der Waals surface area contributed by atoms with E-state index < -0.39 is 0 Å². The van der Waals surface area contributed by atoms with Crippen molar-refractivity contribution in [2.45, 2.75) is 25.3 Å². The molecule has 1 amide bonds. The molecule has 1 saturated heterocycles. The number of aromatic nitrogens is 1. The minimum Gasteiger partial charge on any atom is -0.469 e. The van der Waals surface area contributed by atoms with E-state index >= 15 is 0 Å². The Balaban J connectivity index is 2.03. The first kappa shape index (κ1) is 18.1. The minimum atomic E-state index is -0.355. The number of benzene rings is 1. The van der Waals surface area contributed by atoms with Gasteiger partial charge in [-0.3, -0.25) is 9.59 Å². The molecule has 0 saturated carbocycles. The lowest BCUT2D eigenvalue weighted by Crippen LogP contribution is -2.48. The number of halogens is 1. The van der Waals surface area contributed by atoms with Gasteiger partial charge in [0.15, 0.2) is 0 Å². The van der Waals surface area contributed by atoms with E-state index in [0.717, 1.165) is 27.7 Å². The summed E-state index contributed by atoms with van der Waals surface area (Å²) in [6.45, 7) is 2.47. The highest BCUT2D eigenvalue weighted by atomic mass is 35.5. The summed E-state index contributed by atoms with van der Waals surface area (Å²) in [7, 11) is 3.45. The maximum Gasteiger partial charge on any atom is 0.313 e. The molecule has 2 heterocycles. The lowest BCUT2D eigenvalue weighted by Gasteiger charge is -2.47. The number of piperidine rings is 1. The number of fused-ring (bicyclic) bond motifs is 6. The largest absolute Gasteiger partial charge is 0.469 e. The average Bonchev–Trinajstić information content (AvgIpc) is 3.00. The van der Waals surface area contributed by atoms with Gasteiger partial charge in [0.25, 0.3) is 0 Å². The van der Waals surface area contributed by atoms with E-state index in [1.165, 1.54) is 7.11 Å². The molecule has 2 aromatic rings. The summed E-state index contributed by atoms with van der Waals surface area (Å²) < 4.78 is 7.33. The monoisotopic (exact) mass is 386 g/mol. The second-order valence-electron chi connectivity index (χ2n) is 7.25.